The van der Waals surface area contributed by atoms with Gasteiger partial charge in [-0.15, -0.1) is 0 Å². The van der Waals surface area contributed by atoms with E-state index in [1.54, 1.807) is 6.92 Å². The summed E-state index contributed by atoms with van der Waals surface area (Å²) in [6.45, 7) is 9.45. The van der Waals surface area contributed by atoms with Crippen LogP contribution in [-0.4, -0.2) is 41.8 Å². The number of H-pyrrole nitrogens is 1. The number of hydrogen-bond donors (Lipinski definition) is 2. The van der Waals surface area contributed by atoms with E-state index in [2.05, 4.69) is 29.1 Å². The minimum Gasteiger partial charge on any atom is -0.379 e. The number of aromatic amines is 1. The summed E-state index contributed by atoms with van der Waals surface area (Å²) in [5.41, 5.74) is 1.88. The topological polar surface area (TPSA) is 76.2 Å². The van der Waals surface area contributed by atoms with E-state index in [9.17, 15) is 4.79 Å². The van der Waals surface area contributed by atoms with Gasteiger partial charge in [-0.2, -0.15) is 0 Å². The van der Waals surface area contributed by atoms with Gasteiger partial charge in [0, 0.05) is 6.61 Å². The van der Waals surface area contributed by atoms with Crippen molar-refractivity contribution < 1.29 is 14.3 Å². The summed E-state index contributed by atoms with van der Waals surface area (Å²) < 4.78 is 10.8. The Hall–Kier alpha value is -1.92. The lowest BCUT2D eigenvalue weighted by molar-refractivity contribution is -0.133. The van der Waals surface area contributed by atoms with E-state index < -0.39 is 6.10 Å². The van der Waals surface area contributed by atoms with E-state index in [0.717, 1.165) is 23.3 Å². The molecule has 3 atom stereocenters. The second-order valence-corrected chi connectivity index (χ2v) is 6.22. The van der Waals surface area contributed by atoms with Crippen LogP contribution in [0.3, 0.4) is 0 Å². The number of carbonyl (C=O) groups excluding carboxylic acids is 1. The molecule has 0 saturated carbocycles. The van der Waals surface area contributed by atoms with Crippen LogP contribution in [-0.2, 0) is 14.3 Å². The summed E-state index contributed by atoms with van der Waals surface area (Å²) in [7, 11) is 0. The Morgan fingerprint density at radius 2 is 2.00 bits per heavy atom. The molecule has 2 aromatic rings. The molecule has 0 spiro atoms. The second kappa shape index (κ2) is 9.53. The largest absolute Gasteiger partial charge is 0.379 e. The average molecular weight is 347 g/mol. The van der Waals surface area contributed by atoms with Gasteiger partial charge in [-0.1, -0.05) is 32.4 Å². The molecular weight excluding hydrogens is 318 g/mol. The van der Waals surface area contributed by atoms with Crippen LogP contribution in [0.4, 0.5) is 0 Å². The molecule has 0 aliphatic rings. The molecule has 1 aromatic heterocycles. The first-order chi connectivity index (χ1) is 12.1. The quantitative estimate of drug-likeness (QED) is 0.647. The summed E-state index contributed by atoms with van der Waals surface area (Å²) in [4.78, 5) is 20.5. The molecule has 0 aliphatic heterocycles. The van der Waals surface area contributed by atoms with E-state index in [4.69, 9.17) is 9.47 Å². The number of carbonyl (C=O) groups is 1. The van der Waals surface area contributed by atoms with E-state index in [0.29, 0.717) is 19.8 Å². The molecule has 0 bridgehead atoms. The van der Waals surface area contributed by atoms with Gasteiger partial charge in [-0.05, 0) is 31.9 Å². The molecule has 1 amide bonds. The zero-order valence-electron chi connectivity index (χ0n) is 15.5. The van der Waals surface area contributed by atoms with Gasteiger partial charge >= 0.3 is 0 Å². The van der Waals surface area contributed by atoms with Crippen LogP contribution in [0.25, 0.3) is 11.0 Å². The fraction of sp³-hybridized carbons (Fsp3) is 0.579. The molecule has 1 aromatic carbocycles. The molecule has 0 fully saturated rings. The Bertz CT molecular complexity index is 638. The van der Waals surface area contributed by atoms with Gasteiger partial charge in [0.25, 0.3) is 0 Å². The molecule has 2 N–H and O–H groups in total. The van der Waals surface area contributed by atoms with E-state index in [-0.39, 0.29) is 17.9 Å². The third kappa shape index (κ3) is 5.28. The standard InChI is InChI=1S/C19H29N3O3/c1-5-13(3)17(18-20-15-9-7-8-10-16(15)21-18)22-19(23)14(4)25-12-11-24-6-2/h7-10,13-14,17H,5-6,11-12H2,1-4H3,(H,20,21)(H,22,23)/t13-,14+,17-/m0/s1. The van der Waals surface area contributed by atoms with Crippen LogP contribution in [0.2, 0.25) is 0 Å². The van der Waals surface area contributed by atoms with Crippen LogP contribution < -0.4 is 5.32 Å². The number of amides is 1. The lowest BCUT2D eigenvalue weighted by atomic mass is 9.98. The van der Waals surface area contributed by atoms with Gasteiger partial charge < -0.3 is 19.8 Å². The van der Waals surface area contributed by atoms with Crippen molar-refractivity contribution in [1.29, 1.82) is 0 Å². The molecule has 2 rings (SSSR count). The number of imidazole rings is 1. The summed E-state index contributed by atoms with van der Waals surface area (Å²) >= 11 is 0. The van der Waals surface area contributed by atoms with Crippen LogP contribution in [0.15, 0.2) is 24.3 Å². The normalized spacial score (nSPS) is 15.0. The number of ether oxygens (including phenoxy) is 2. The first-order valence-corrected chi connectivity index (χ1v) is 9.01. The van der Waals surface area contributed by atoms with Crippen LogP contribution >= 0.6 is 0 Å². The number of nitrogens with one attached hydrogen (secondary N) is 2. The summed E-state index contributed by atoms with van der Waals surface area (Å²) in [5.74, 6) is 0.896. The van der Waals surface area contributed by atoms with E-state index in [1.165, 1.54) is 0 Å². The van der Waals surface area contributed by atoms with Gasteiger partial charge in [-0.25, -0.2) is 4.98 Å². The zero-order valence-corrected chi connectivity index (χ0v) is 15.5. The maximum atomic E-state index is 12.5. The highest BCUT2D eigenvalue weighted by molar-refractivity contribution is 5.81. The molecule has 6 heteroatoms. The Labute approximate surface area is 149 Å². The number of benzene rings is 1. The fourth-order valence-corrected chi connectivity index (χ4v) is 2.61. The van der Waals surface area contributed by atoms with Crippen LogP contribution in [0, 0.1) is 5.92 Å². The van der Waals surface area contributed by atoms with Crippen molar-refractivity contribution in [2.24, 2.45) is 5.92 Å². The second-order valence-electron chi connectivity index (χ2n) is 6.22. The van der Waals surface area contributed by atoms with Crippen LogP contribution in [0.5, 0.6) is 0 Å². The SMILES string of the molecule is CCOCCO[C@H](C)C(=O)N[C@H](c1nc2ccccc2[nH]1)[C@@H](C)CC. The maximum Gasteiger partial charge on any atom is 0.249 e. The fourth-order valence-electron chi connectivity index (χ4n) is 2.61. The number of rotatable bonds is 10. The lowest BCUT2D eigenvalue weighted by Crippen LogP contribution is -2.40. The lowest BCUT2D eigenvalue weighted by Gasteiger charge is -2.24. The highest BCUT2D eigenvalue weighted by Gasteiger charge is 2.25. The van der Waals surface area contributed by atoms with Gasteiger partial charge in [0.1, 0.15) is 11.9 Å². The van der Waals surface area contributed by atoms with Gasteiger partial charge in [0.05, 0.1) is 30.3 Å². The molecule has 0 radical (unpaired) electrons. The highest BCUT2D eigenvalue weighted by atomic mass is 16.5. The van der Waals surface area contributed by atoms with Gasteiger partial charge in [0.2, 0.25) is 5.91 Å². The first kappa shape index (κ1) is 19.4. The smallest absolute Gasteiger partial charge is 0.249 e. The minimum atomic E-state index is -0.531. The molecule has 0 saturated heterocycles. The average Bonchev–Trinajstić information content (AvgIpc) is 3.05. The zero-order chi connectivity index (χ0) is 18.2. The Balaban J connectivity index is 2.05. The number of fused-ring (bicyclic) bond motifs is 1. The van der Waals surface area contributed by atoms with Crippen LogP contribution in [0.1, 0.15) is 46.0 Å². The molecule has 0 unspecified atom stereocenters. The third-order valence-electron chi connectivity index (χ3n) is 4.38. The Morgan fingerprint density at radius 1 is 1.24 bits per heavy atom. The first-order valence-electron chi connectivity index (χ1n) is 9.01. The number of aromatic nitrogens is 2. The molecular formula is C19H29N3O3. The molecule has 25 heavy (non-hydrogen) atoms. The van der Waals surface area contributed by atoms with Crippen molar-refractivity contribution in [3.63, 3.8) is 0 Å². The summed E-state index contributed by atoms with van der Waals surface area (Å²) in [6, 6.07) is 7.70. The van der Waals surface area contributed by atoms with Crippen molar-refractivity contribution in [1.82, 2.24) is 15.3 Å². The van der Waals surface area contributed by atoms with Gasteiger partial charge in [-0.3, -0.25) is 4.79 Å². The maximum absolute atomic E-state index is 12.5. The molecule has 1 heterocycles. The monoisotopic (exact) mass is 347 g/mol. The van der Waals surface area contributed by atoms with Gasteiger partial charge in [0.15, 0.2) is 0 Å². The number of para-hydroxylation sites is 2. The minimum absolute atomic E-state index is 0.137. The number of nitrogens with zero attached hydrogens (tertiary/aromatic N) is 1. The summed E-state index contributed by atoms with van der Waals surface area (Å²) in [6.07, 6.45) is 0.401. The Kier molecular flexibility index (Phi) is 7.40. The molecule has 138 valence electrons. The Morgan fingerprint density at radius 3 is 2.68 bits per heavy atom. The van der Waals surface area contributed by atoms with Crippen molar-refractivity contribution >= 4 is 16.9 Å². The molecule has 0 aliphatic carbocycles. The molecule has 6 nitrogen and oxygen atoms in total. The summed E-state index contributed by atoms with van der Waals surface area (Å²) in [5, 5.41) is 3.09. The third-order valence-corrected chi connectivity index (χ3v) is 4.38. The van der Waals surface area contributed by atoms with E-state index in [1.807, 2.05) is 31.2 Å². The predicted octanol–water partition coefficient (Wildman–Crippen LogP) is 3.21. The van der Waals surface area contributed by atoms with Crippen molar-refractivity contribution in [3.8, 4) is 0 Å². The van der Waals surface area contributed by atoms with Crippen molar-refractivity contribution in [2.45, 2.75) is 46.3 Å². The van der Waals surface area contributed by atoms with Crippen molar-refractivity contribution in [2.75, 3.05) is 19.8 Å². The van der Waals surface area contributed by atoms with E-state index >= 15 is 0 Å². The number of hydrogen-bond acceptors (Lipinski definition) is 4. The predicted molar refractivity (Wildman–Crippen MR) is 98.3 cm³/mol. The highest BCUT2D eigenvalue weighted by Crippen LogP contribution is 2.24. The van der Waals surface area contributed by atoms with Crippen molar-refractivity contribution in [3.05, 3.63) is 30.1 Å².